The van der Waals surface area contributed by atoms with Crippen molar-refractivity contribution < 1.29 is 12.8 Å². The van der Waals surface area contributed by atoms with Crippen molar-refractivity contribution in [3.8, 4) is 0 Å². The van der Waals surface area contributed by atoms with Crippen LogP contribution in [-0.2, 0) is 10.0 Å². The first kappa shape index (κ1) is 14.3. The Hall–Kier alpha value is -1.14. The van der Waals surface area contributed by atoms with Gasteiger partial charge in [-0.25, -0.2) is 17.5 Å². The molecule has 1 aromatic carbocycles. The zero-order chi connectivity index (χ0) is 14.0. The molecule has 1 saturated heterocycles. The van der Waals surface area contributed by atoms with E-state index in [-0.39, 0.29) is 11.9 Å². The quantitative estimate of drug-likeness (QED) is 0.919. The standard InChI is InChI=1S/C13H19FN2O2S/c1-10-8-11(14)5-6-13(10)16-7-3-4-12(9-16)15-19(2,17)18/h5-6,8,12,15H,3-4,7,9H2,1-2H3. The highest BCUT2D eigenvalue weighted by Gasteiger charge is 2.23. The number of nitrogens with one attached hydrogen (secondary N) is 1. The van der Waals surface area contributed by atoms with Crippen LogP contribution in [0.15, 0.2) is 18.2 Å². The molecule has 0 spiro atoms. The van der Waals surface area contributed by atoms with Crippen LogP contribution in [0.25, 0.3) is 0 Å². The summed E-state index contributed by atoms with van der Waals surface area (Å²) >= 11 is 0. The Labute approximate surface area is 113 Å². The molecule has 2 rings (SSSR count). The number of benzene rings is 1. The minimum Gasteiger partial charge on any atom is -0.370 e. The average molecular weight is 286 g/mol. The van der Waals surface area contributed by atoms with Crippen molar-refractivity contribution in [1.29, 1.82) is 0 Å². The van der Waals surface area contributed by atoms with Gasteiger partial charge in [-0.3, -0.25) is 0 Å². The van der Waals surface area contributed by atoms with Crippen LogP contribution < -0.4 is 9.62 Å². The van der Waals surface area contributed by atoms with Crippen molar-refractivity contribution in [2.24, 2.45) is 0 Å². The van der Waals surface area contributed by atoms with E-state index in [0.29, 0.717) is 6.54 Å². The molecule has 1 aliphatic heterocycles. The van der Waals surface area contributed by atoms with Crippen LogP contribution in [0.3, 0.4) is 0 Å². The number of hydrogen-bond donors (Lipinski definition) is 1. The predicted molar refractivity (Wildman–Crippen MR) is 74.4 cm³/mol. The molecule has 0 radical (unpaired) electrons. The highest BCUT2D eigenvalue weighted by atomic mass is 32.2. The number of piperidine rings is 1. The molecule has 0 aromatic heterocycles. The predicted octanol–water partition coefficient (Wildman–Crippen LogP) is 1.65. The molecule has 4 nitrogen and oxygen atoms in total. The molecule has 1 N–H and O–H groups in total. The SMILES string of the molecule is Cc1cc(F)ccc1N1CCCC(NS(C)(=O)=O)C1. The molecular formula is C13H19FN2O2S. The van der Waals surface area contributed by atoms with Crippen LogP contribution in [-0.4, -0.2) is 33.8 Å². The van der Waals surface area contributed by atoms with Crippen molar-refractivity contribution in [1.82, 2.24) is 4.72 Å². The van der Waals surface area contributed by atoms with Gasteiger partial charge in [-0.2, -0.15) is 0 Å². The summed E-state index contributed by atoms with van der Waals surface area (Å²) in [5, 5.41) is 0. The summed E-state index contributed by atoms with van der Waals surface area (Å²) in [6.07, 6.45) is 2.93. The monoisotopic (exact) mass is 286 g/mol. The van der Waals surface area contributed by atoms with E-state index >= 15 is 0 Å². The van der Waals surface area contributed by atoms with E-state index in [1.165, 1.54) is 18.4 Å². The second kappa shape index (κ2) is 5.46. The smallest absolute Gasteiger partial charge is 0.209 e. The lowest BCUT2D eigenvalue weighted by Crippen LogP contribution is -2.47. The first-order valence-electron chi connectivity index (χ1n) is 6.33. The van der Waals surface area contributed by atoms with Crippen LogP contribution >= 0.6 is 0 Å². The number of nitrogens with zero attached hydrogens (tertiary/aromatic N) is 1. The van der Waals surface area contributed by atoms with Crippen LogP contribution in [0.4, 0.5) is 10.1 Å². The minimum absolute atomic E-state index is 0.0757. The van der Waals surface area contributed by atoms with Crippen LogP contribution in [0.5, 0.6) is 0 Å². The van der Waals surface area contributed by atoms with E-state index in [1.807, 2.05) is 6.92 Å². The fraction of sp³-hybridized carbons (Fsp3) is 0.538. The maximum Gasteiger partial charge on any atom is 0.209 e. The summed E-state index contributed by atoms with van der Waals surface area (Å²) in [4.78, 5) is 2.11. The molecule has 1 unspecified atom stereocenters. The summed E-state index contributed by atoms with van der Waals surface area (Å²) in [5.74, 6) is -0.246. The van der Waals surface area contributed by atoms with Gasteiger partial charge in [0.05, 0.1) is 6.26 Å². The third kappa shape index (κ3) is 3.91. The number of anilines is 1. The van der Waals surface area contributed by atoms with Gasteiger partial charge in [-0.05, 0) is 43.5 Å². The highest BCUT2D eigenvalue weighted by molar-refractivity contribution is 7.88. The average Bonchev–Trinajstić information content (AvgIpc) is 2.26. The Morgan fingerprint density at radius 1 is 1.42 bits per heavy atom. The summed E-state index contributed by atoms with van der Waals surface area (Å²) in [6.45, 7) is 3.36. The Bertz CT molecular complexity index is 560. The topological polar surface area (TPSA) is 49.4 Å². The lowest BCUT2D eigenvalue weighted by molar-refractivity contribution is 0.467. The fourth-order valence-corrected chi connectivity index (χ4v) is 3.37. The van der Waals surface area contributed by atoms with Gasteiger partial charge in [0.25, 0.3) is 0 Å². The lowest BCUT2D eigenvalue weighted by atomic mass is 10.0. The second-order valence-electron chi connectivity index (χ2n) is 5.11. The van der Waals surface area contributed by atoms with Gasteiger partial charge in [-0.15, -0.1) is 0 Å². The third-order valence-electron chi connectivity index (χ3n) is 3.30. The Kier molecular flexibility index (Phi) is 4.10. The van der Waals surface area contributed by atoms with E-state index in [2.05, 4.69) is 9.62 Å². The number of hydrogen-bond acceptors (Lipinski definition) is 3. The number of rotatable bonds is 3. The van der Waals surface area contributed by atoms with Crippen LogP contribution in [0, 0.1) is 12.7 Å². The van der Waals surface area contributed by atoms with Crippen LogP contribution in [0.1, 0.15) is 18.4 Å². The second-order valence-corrected chi connectivity index (χ2v) is 6.89. The fourth-order valence-electron chi connectivity index (χ4n) is 2.57. The van der Waals surface area contributed by atoms with Crippen molar-refractivity contribution in [3.05, 3.63) is 29.6 Å². The van der Waals surface area contributed by atoms with Gasteiger partial charge in [-0.1, -0.05) is 0 Å². The van der Waals surface area contributed by atoms with E-state index in [9.17, 15) is 12.8 Å². The minimum atomic E-state index is -3.18. The lowest BCUT2D eigenvalue weighted by Gasteiger charge is -2.35. The van der Waals surface area contributed by atoms with E-state index in [0.717, 1.165) is 30.6 Å². The van der Waals surface area contributed by atoms with Gasteiger partial charge < -0.3 is 4.90 Å². The van der Waals surface area contributed by atoms with Crippen molar-refractivity contribution in [2.45, 2.75) is 25.8 Å². The summed E-state index contributed by atoms with van der Waals surface area (Å²) in [5.41, 5.74) is 1.85. The first-order chi connectivity index (χ1) is 8.85. The van der Waals surface area contributed by atoms with E-state index in [1.54, 1.807) is 6.07 Å². The molecule has 19 heavy (non-hydrogen) atoms. The zero-order valence-corrected chi connectivity index (χ0v) is 12.0. The highest BCUT2D eigenvalue weighted by Crippen LogP contribution is 2.24. The zero-order valence-electron chi connectivity index (χ0n) is 11.2. The largest absolute Gasteiger partial charge is 0.370 e. The van der Waals surface area contributed by atoms with E-state index in [4.69, 9.17) is 0 Å². The first-order valence-corrected chi connectivity index (χ1v) is 8.23. The molecule has 106 valence electrons. The van der Waals surface area contributed by atoms with Crippen LogP contribution in [0.2, 0.25) is 0 Å². The molecule has 0 amide bonds. The Morgan fingerprint density at radius 2 is 2.16 bits per heavy atom. The molecule has 1 aromatic rings. The maximum absolute atomic E-state index is 13.1. The van der Waals surface area contributed by atoms with Crippen molar-refractivity contribution in [2.75, 3.05) is 24.2 Å². The third-order valence-corrected chi connectivity index (χ3v) is 4.06. The molecule has 1 fully saturated rings. The van der Waals surface area contributed by atoms with Gasteiger partial charge >= 0.3 is 0 Å². The maximum atomic E-state index is 13.1. The summed E-state index contributed by atoms with van der Waals surface area (Å²) in [6, 6.07) is 4.63. The van der Waals surface area contributed by atoms with Gasteiger partial charge in [0, 0.05) is 24.8 Å². The molecule has 0 saturated carbocycles. The van der Waals surface area contributed by atoms with Crippen molar-refractivity contribution >= 4 is 15.7 Å². The number of halogens is 1. The molecule has 6 heteroatoms. The van der Waals surface area contributed by atoms with Gasteiger partial charge in [0.15, 0.2) is 0 Å². The molecule has 0 aliphatic carbocycles. The Morgan fingerprint density at radius 3 is 2.79 bits per heavy atom. The molecule has 1 aliphatic rings. The van der Waals surface area contributed by atoms with Gasteiger partial charge in [0.1, 0.15) is 5.82 Å². The molecular weight excluding hydrogens is 267 g/mol. The normalized spacial score (nSPS) is 20.6. The van der Waals surface area contributed by atoms with Crippen molar-refractivity contribution in [3.63, 3.8) is 0 Å². The summed E-state index contributed by atoms with van der Waals surface area (Å²) < 4.78 is 38.3. The Balaban J connectivity index is 2.12. The number of sulfonamides is 1. The van der Waals surface area contributed by atoms with E-state index < -0.39 is 10.0 Å². The molecule has 1 atom stereocenters. The van der Waals surface area contributed by atoms with Gasteiger partial charge in [0.2, 0.25) is 10.0 Å². The molecule has 1 heterocycles. The number of aryl methyl sites for hydroxylation is 1. The molecule has 0 bridgehead atoms. The summed E-state index contributed by atoms with van der Waals surface area (Å²) in [7, 11) is -3.18.